The lowest BCUT2D eigenvalue weighted by Gasteiger charge is -2.12. The fourth-order valence-electron chi connectivity index (χ4n) is 1.62. The van der Waals surface area contributed by atoms with Crippen molar-refractivity contribution in [1.29, 1.82) is 0 Å². The quantitative estimate of drug-likeness (QED) is 0.708. The summed E-state index contributed by atoms with van der Waals surface area (Å²) < 4.78 is 40.0. The maximum absolute atomic E-state index is 11.8. The average molecular weight is 322 g/mol. The van der Waals surface area contributed by atoms with E-state index in [1.807, 2.05) is 30.3 Å². The molecule has 0 heterocycles. The number of thioether (sulfide) groups is 1. The first kappa shape index (κ1) is 17.8. The van der Waals surface area contributed by atoms with Crippen molar-refractivity contribution in [2.24, 2.45) is 0 Å². The molecule has 21 heavy (non-hydrogen) atoms. The predicted octanol–water partition coefficient (Wildman–Crippen LogP) is 3.38. The average Bonchev–Trinajstić information content (AvgIpc) is 2.41. The van der Waals surface area contributed by atoms with Crippen LogP contribution < -0.4 is 0 Å². The second kappa shape index (κ2) is 8.94. The molecular formula is C14H17F3O3S. The number of alkyl halides is 3. The third-order valence-corrected chi connectivity index (χ3v) is 3.85. The summed E-state index contributed by atoms with van der Waals surface area (Å²) in [6, 6.07) is 9.23. The fourth-order valence-corrected chi connectivity index (χ4v) is 2.64. The van der Waals surface area contributed by atoms with Crippen LogP contribution in [0.5, 0.6) is 0 Å². The molecular weight excluding hydrogens is 305 g/mol. The molecule has 1 aromatic carbocycles. The standard InChI is InChI=1S/C14H17F3O3S/c15-14(16,17)10-20-7-4-8-21-12(13(18)19)9-11-5-2-1-3-6-11/h1-3,5-6,12H,4,7-10H2,(H,18,19). The Hall–Kier alpha value is -1.21. The van der Waals surface area contributed by atoms with Crippen molar-refractivity contribution in [3.63, 3.8) is 0 Å². The summed E-state index contributed by atoms with van der Waals surface area (Å²) in [5.74, 6) is -0.471. The number of benzene rings is 1. The van der Waals surface area contributed by atoms with Gasteiger partial charge in [0.25, 0.3) is 0 Å². The molecule has 0 fully saturated rings. The van der Waals surface area contributed by atoms with E-state index in [-0.39, 0.29) is 6.61 Å². The van der Waals surface area contributed by atoms with Gasteiger partial charge in [-0.2, -0.15) is 13.2 Å². The number of carboxylic acid groups (broad SMARTS) is 1. The maximum Gasteiger partial charge on any atom is 0.411 e. The highest BCUT2D eigenvalue weighted by Gasteiger charge is 2.27. The summed E-state index contributed by atoms with van der Waals surface area (Å²) in [6.45, 7) is -1.28. The molecule has 0 saturated carbocycles. The van der Waals surface area contributed by atoms with Crippen LogP contribution in [0.4, 0.5) is 13.2 Å². The minimum absolute atomic E-state index is 0.0236. The zero-order valence-electron chi connectivity index (χ0n) is 11.3. The van der Waals surface area contributed by atoms with E-state index in [4.69, 9.17) is 5.11 Å². The number of hydrogen-bond acceptors (Lipinski definition) is 3. The Kier molecular flexibility index (Phi) is 7.60. The van der Waals surface area contributed by atoms with Gasteiger partial charge in [0.1, 0.15) is 11.9 Å². The topological polar surface area (TPSA) is 46.5 Å². The van der Waals surface area contributed by atoms with E-state index < -0.39 is 24.0 Å². The smallest absolute Gasteiger partial charge is 0.411 e. The molecule has 0 bridgehead atoms. The molecule has 3 nitrogen and oxygen atoms in total. The van der Waals surface area contributed by atoms with Crippen molar-refractivity contribution in [2.45, 2.75) is 24.3 Å². The van der Waals surface area contributed by atoms with Crippen LogP contribution in [0.25, 0.3) is 0 Å². The Morgan fingerprint density at radius 1 is 1.29 bits per heavy atom. The van der Waals surface area contributed by atoms with E-state index in [9.17, 15) is 18.0 Å². The lowest BCUT2D eigenvalue weighted by molar-refractivity contribution is -0.173. The van der Waals surface area contributed by atoms with Gasteiger partial charge in [-0.3, -0.25) is 4.79 Å². The Labute approximate surface area is 125 Å². The minimum atomic E-state index is -4.32. The van der Waals surface area contributed by atoms with Crippen LogP contribution in [0, 0.1) is 0 Å². The third-order valence-electron chi connectivity index (χ3n) is 2.56. The van der Waals surface area contributed by atoms with Crippen molar-refractivity contribution in [2.75, 3.05) is 19.0 Å². The normalized spacial score (nSPS) is 13.1. The first-order valence-corrected chi connectivity index (χ1v) is 7.46. The molecule has 1 N–H and O–H groups in total. The molecule has 0 aliphatic carbocycles. The van der Waals surface area contributed by atoms with Crippen molar-refractivity contribution >= 4 is 17.7 Å². The zero-order valence-corrected chi connectivity index (χ0v) is 12.1. The zero-order chi connectivity index (χ0) is 15.7. The first-order valence-electron chi connectivity index (χ1n) is 6.41. The third kappa shape index (κ3) is 8.62. The van der Waals surface area contributed by atoms with Crippen LogP contribution >= 0.6 is 11.8 Å². The van der Waals surface area contributed by atoms with Crippen molar-refractivity contribution in [3.05, 3.63) is 35.9 Å². The summed E-state index contributed by atoms with van der Waals surface area (Å²) in [5.41, 5.74) is 0.922. The number of hydrogen-bond donors (Lipinski definition) is 1. The maximum atomic E-state index is 11.8. The number of carbonyl (C=O) groups is 1. The summed E-state index contributed by atoms with van der Waals surface area (Å²) in [7, 11) is 0. The van der Waals surface area contributed by atoms with Crippen molar-refractivity contribution in [3.8, 4) is 0 Å². The number of carboxylic acids is 1. The Bertz CT molecular complexity index is 423. The van der Waals surface area contributed by atoms with E-state index in [1.165, 1.54) is 11.8 Å². The highest BCUT2D eigenvalue weighted by atomic mass is 32.2. The molecule has 0 aromatic heterocycles. The fraction of sp³-hybridized carbons (Fsp3) is 0.500. The van der Waals surface area contributed by atoms with Gasteiger partial charge < -0.3 is 9.84 Å². The molecule has 0 saturated heterocycles. The van der Waals surface area contributed by atoms with Gasteiger partial charge in [-0.1, -0.05) is 30.3 Å². The lowest BCUT2D eigenvalue weighted by atomic mass is 10.1. The number of ether oxygens (including phenoxy) is 1. The second-order valence-electron chi connectivity index (χ2n) is 4.41. The van der Waals surface area contributed by atoms with Crippen LogP contribution in [-0.4, -0.2) is 41.5 Å². The summed E-state index contributed by atoms with van der Waals surface area (Å²) in [6.07, 6.45) is -3.53. The largest absolute Gasteiger partial charge is 0.480 e. The summed E-state index contributed by atoms with van der Waals surface area (Å²) in [4.78, 5) is 11.2. The summed E-state index contributed by atoms with van der Waals surface area (Å²) in [5, 5.41) is 8.54. The Balaban J connectivity index is 2.25. The van der Waals surface area contributed by atoms with Gasteiger partial charge in [-0.05, 0) is 24.2 Å². The highest BCUT2D eigenvalue weighted by molar-refractivity contribution is 8.00. The predicted molar refractivity (Wildman–Crippen MR) is 75.5 cm³/mol. The molecule has 118 valence electrons. The van der Waals surface area contributed by atoms with Gasteiger partial charge in [0, 0.05) is 6.61 Å². The summed E-state index contributed by atoms with van der Waals surface area (Å²) >= 11 is 1.22. The molecule has 0 aliphatic rings. The van der Waals surface area contributed by atoms with E-state index in [1.54, 1.807) is 0 Å². The van der Waals surface area contributed by atoms with Crippen molar-refractivity contribution < 1.29 is 27.8 Å². The minimum Gasteiger partial charge on any atom is -0.480 e. The molecule has 0 aliphatic heterocycles. The molecule has 0 amide bonds. The Morgan fingerprint density at radius 3 is 2.52 bits per heavy atom. The molecule has 0 radical (unpaired) electrons. The van der Waals surface area contributed by atoms with Gasteiger partial charge in [0.05, 0.1) is 0 Å². The first-order chi connectivity index (χ1) is 9.88. The van der Waals surface area contributed by atoms with Gasteiger partial charge in [-0.25, -0.2) is 0 Å². The lowest BCUT2D eigenvalue weighted by Crippen LogP contribution is -2.20. The molecule has 1 aromatic rings. The van der Waals surface area contributed by atoms with Crippen LogP contribution in [0.15, 0.2) is 30.3 Å². The molecule has 0 spiro atoms. The van der Waals surface area contributed by atoms with E-state index in [0.717, 1.165) is 5.56 Å². The van der Waals surface area contributed by atoms with E-state index >= 15 is 0 Å². The van der Waals surface area contributed by atoms with Gasteiger partial charge in [0.2, 0.25) is 0 Å². The molecule has 1 unspecified atom stereocenters. The Morgan fingerprint density at radius 2 is 1.95 bits per heavy atom. The van der Waals surface area contributed by atoms with Crippen molar-refractivity contribution in [1.82, 2.24) is 0 Å². The van der Waals surface area contributed by atoms with Gasteiger partial charge in [0.15, 0.2) is 0 Å². The number of halogens is 3. The van der Waals surface area contributed by atoms with E-state index in [0.29, 0.717) is 18.6 Å². The number of rotatable bonds is 9. The highest BCUT2D eigenvalue weighted by Crippen LogP contribution is 2.19. The van der Waals surface area contributed by atoms with E-state index in [2.05, 4.69) is 4.74 Å². The molecule has 1 rings (SSSR count). The van der Waals surface area contributed by atoms with Crippen LogP contribution in [0.3, 0.4) is 0 Å². The van der Waals surface area contributed by atoms with Crippen LogP contribution in [-0.2, 0) is 16.0 Å². The number of aliphatic carboxylic acids is 1. The SMILES string of the molecule is O=C(O)C(Cc1ccccc1)SCCCOCC(F)(F)F. The molecule has 1 atom stereocenters. The van der Waals surface area contributed by atoms with Crippen LogP contribution in [0.1, 0.15) is 12.0 Å². The van der Waals surface area contributed by atoms with Gasteiger partial charge in [-0.15, -0.1) is 11.8 Å². The molecule has 7 heteroatoms. The second-order valence-corrected chi connectivity index (χ2v) is 5.72. The monoisotopic (exact) mass is 322 g/mol. The van der Waals surface area contributed by atoms with Gasteiger partial charge >= 0.3 is 12.1 Å². The van der Waals surface area contributed by atoms with Crippen LogP contribution in [0.2, 0.25) is 0 Å².